The number of carbonyl (C=O) groups is 4. The number of carbonyl (C=O) groups excluding carboxylic acids is 4. The summed E-state index contributed by atoms with van der Waals surface area (Å²) in [4.78, 5) is 56.4. The number of amides is 4. The van der Waals surface area contributed by atoms with Crippen LogP contribution in [0, 0.1) is 17.7 Å². The number of anilines is 1. The Hall–Kier alpha value is -3.80. The van der Waals surface area contributed by atoms with Crippen molar-refractivity contribution in [1.29, 1.82) is 0 Å². The van der Waals surface area contributed by atoms with Gasteiger partial charge in [-0.05, 0) is 55.5 Å². The lowest BCUT2D eigenvalue weighted by atomic mass is 9.83. The summed E-state index contributed by atoms with van der Waals surface area (Å²) >= 11 is 0. The molecule has 2 aromatic rings. The first kappa shape index (κ1) is 34.1. The van der Waals surface area contributed by atoms with E-state index in [0.717, 1.165) is 45.2 Å². The highest BCUT2D eigenvalue weighted by atomic mass is 19.1. The number of nitrogens with one attached hydrogen (secondary N) is 3. The molecule has 0 unspecified atom stereocenters. The molecule has 1 aliphatic heterocycles. The average Bonchev–Trinajstić information content (AvgIpc) is 3.48. The van der Waals surface area contributed by atoms with E-state index in [1.54, 1.807) is 34.8 Å². The number of hydrogen-bond donors (Lipinski definition) is 3. The van der Waals surface area contributed by atoms with Crippen molar-refractivity contribution in [2.75, 3.05) is 38.5 Å². The van der Waals surface area contributed by atoms with Crippen LogP contribution in [0.25, 0.3) is 0 Å². The summed E-state index contributed by atoms with van der Waals surface area (Å²) in [6, 6.07) is 4.39. The predicted octanol–water partition coefficient (Wildman–Crippen LogP) is 3.21. The van der Waals surface area contributed by atoms with Crippen molar-refractivity contribution in [3.8, 4) is 0 Å². The summed E-state index contributed by atoms with van der Waals surface area (Å²) in [6.45, 7) is 8.96. The molecule has 45 heavy (non-hydrogen) atoms. The molecule has 0 radical (unpaired) electrons. The average molecular weight is 626 g/mol. The SMILES string of the molecule is CCC(=O)N[C@H](Cc1ccc(NC(=O)[C@@H](NC(=O)c2ccnn2CC(C)C)C2CCCCC2)c(F)c1)C(=O)N1CCN(C)CC1. The molecule has 2 aliphatic rings. The van der Waals surface area contributed by atoms with Crippen LogP contribution in [0.1, 0.15) is 75.3 Å². The summed E-state index contributed by atoms with van der Waals surface area (Å²) in [5.41, 5.74) is 0.886. The molecule has 1 aromatic carbocycles. The first-order valence-electron chi connectivity index (χ1n) is 16.2. The van der Waals surface area contributed by atoms with Gasteiger partial charge in [0.25, 0.3) is 5.91 Å². The highest BCUT2D eigenvalue weighted by Gasteiger charge is 2.33. The topological polar surface area (TPSA) is 129 Å². The van der Waals surface area contributed by atoms with Crippen molar-refractivity contribution >= 4 is 29.3 Å². The summed E-state index contributed by atoms with van der Waals surface area (Å²) in [5, 5.41) is 12.7. The molecular weight excluding hydrogens is 577 g/mol. The van der Waals surface area contributed by atoms with E-state index in [9.17, 15) is 19.2 Å². The van der Waals surface area contributed by atoms with Gasteiger partial charge < -0.3 is 25.8 Å². The quantitative estimate of drug-likeness (QED) is 0.333. The third-order valence-corrected chi connectivity index (χ3v) is 8.68. The molecule has 2 heterocycles. The van der Waals surface area contributed by atoms with Gasteiger partial charge in [0.1, 0.15) is 23.6 Å². The van der Waals surface area contributed by atoms with Crippen molar-refractivity contribution in [2.45, 2.75) is 84.3 Å². The number of likely N-dealkylation sites (N-methyl/N-ethyl adjacent to an activating group) is 1. The number of nitrogens with zero attached hydrogens (tertiary/aromatic N) is 4. The lowest BCUT2D eigenvalue weighted by Crippen LogP contribution is -2.54. The van der Waals surface area contributed by atoms with Crippen LogP contribution in [-0.2, 0) is 27.3 Å². The van der Waals surface area contributed by atoms with E-state index in [1.807, 2.05) is 20.9 Å². The molecule has 1 aliphatic carbocycles. The van der Waals surface area contributed by atoms with E-state index >= 15 is 4.39 Å². The third-order valence-electron chi connectivity index (χ3n) is 8.68. The fourth-order valence-corrected chi connectivity index (χ4v) is 6.07. The van der Waals surface area contributed by atoms with Gasteiger partial charge in [-0.1, -0.05) is 46.1 Å². The Morgan fingerprint density at radius 3 is 2.36 bits per heavy atom. The van der Waals surface area contributed by atoms with E-state index in [2.05, 4.69) is 25.9 Å². The Bertz CT molecular complexity index is 1330. The second-order valence-electron chi connectivity index (χ2n) is 12.8. The molecule has 0 spiro atoms. The highest BCUT2D eigenvalue weighted by Crippen LogP contribution is 2.28. The van der Waals surface area contributed by atoms with E-state index in [-0.39, 0.29) is 48.1 Å². The van der Waals surface area contributed by atoms with Crippen molar-refractivity contribution < 1.29 is 23.6 Å². The van der Waals surface area contributed by atoms with Gasteiger partial charge in [0.05, 0.1) is 5.69 Å². The molecule has 1 aromatic heterocycles. The summed E-state index contributed by atoms with van der Waals surface area (Å²) in [6.07, 6.45) is 6.49. The third kappa shape index (κ3) is 9.35. The van der Waals surface area contributed by atoms with Crippen LogP contribution in [0.2, 0.25) is 0 Å². The number of aromatic nitrogens is 2. The molecule has 3 N–H and O–H groups in total. The Labute approximate surface area is 265 Å². The number of halogens is 1. The van der Waals surface area contributed by atoms with Crippen LogP contribution in [0.15, 0.2) is 30.5 Å². The van der Waals surface area contributed by atoms with Gasteiger partial charge in [0.2, 0.25) is 17.7 Å². The lowest BCUT2D eigenvalue weighted by molar-refractivity contribution is -0.137. The number of rotatable bonds is 12. The summed E-state index contributed by atoms with van der Waals surface area (Å²) < 4.78 is 17.1. The maximum Gasteiger partial charge on any atom is 0.270 e. The van der Waals surface area contributed by atoms with Crippen molar-refractivity contribution in [2.24, 2.45) is 11.8 Å². The minimum Gasteiger partial charge on any atom is -0.344 e. The van der Waals surface area contributed by atoms with E-state index in [1.165, 1.54) is 12.1 Å². The molecule has 11 nitrogen and oxygen atoms in total. The second-order valence-corrected chi connectivity index (χ2v) is 12.8. The smallest absolute Gasteiger partial charge is 0.270 e. The number of benzene rings is 1. The lowest BCUT2D eigenvalue weighted by Gasteiger charge is -2.34. The minimum atomic E-state index is -0.839. The van der Waals surface area contributed by atoms with Crippen molar-refractivity contribution in [1.82, 2.24) is 30.2 Å². The standard InChI is InChI=1S/C33H48FN7O4/c1-5-29(42)36-27(33(45)40-17-15-39(4)16-18-40)20-23-11-12-26(25(34)19-23)37-32(44)30(24-9-7-6-8-10-24)38-31(43)28-13-14-35-41(28)21-22(2)3/h11-14,19,22,24,27,30H,5-10,15-18,20-21H2,1-4H3,(H,36,42)(H,37,44)(H,38,43)/t27-,30+/m1/s1. The first-order chi connectivity index (χ1) is 21.5. The van der Waals surface area contributed by atoms with Crippen LogP contribution >= 0.6 is 0 Å². The summed E-state index contributed by atoms with van der Waals surface area (Å²) in [7, 11) is 2.00. The van der Waals surface area contributed by atoms with Gasteiger partial charge in [0, 0.05) is 51.8 Å². The maximum atomic E-state index is 15.5. The first-order valence-corrected chi connectivity index (χ1v) is 16.2. The van der Waals surface area contributed by atoms with Crippen LogP contribution in [-0.4, -0.2) is 88.5 Å². The zero-order valence-electron chi connectivity index (χ0n) is 27.0. The molecule has 0 bridgehead atoms. The van der Waals surface area contributed by atoms with Crippen LogP contribution in [0.5, 0.6) is 0 Å². The highest BCUT2D eigenvalue weighted by molar-refractivity contribution is 6.00. The second kappa shape index (κ2) is 16.0. The molecule has 1 saturated carbocycles. The molecule has 2 atom stereocenters. The summed E-state index contributed by atoms with van der Waals surface area (Å²) in [5.74, 6) is -1.76. The Morgan fingerprint density at radius 2 is 1.71 bits per heavy atom. The van der Waals surface area contributed by atoms with Gasteiger partial charge >= 0.3 is 0 Å². The monoisotopic (exact) mass is 625 g/mol. The molecule has 12 heteroatoms. The Balaban J connectivity index is 1.47. The number of piperazine rings is 1. The minimum absolute atomic E-state index is 0.0109. The van der Waals surface area contributed by atoms with E-state index in [0.29, 0.717) is 30.9 Å². The van der Waals surface area contributed by atoms with Gasteiger partial charge in [-0.2, -0.15) is 5.10 Å². The maximum absolute atomic E-state index is 15.5. The van der Waals surface area contributed by atoms with Crippen molar-refractivity contribution in [3.63, 3.8) is 0 Å². The molecular formula is C33H48FN7O4. The van der Waals surface area contributed by atoms with Gasteiger partial charge in [-0.3, -0.25) is 23.9 Å². The largest absolute Gasteiger partial charge is 0.344 e. The molecule has 4 amide bonds. The molecule has 246 valence electrons. The van der Waals surface area contributed by atoms with E-state index < -0.39 is 23.8 Å². The molecule has 1 saturated heterocycles. The van der Waals surface area contributed by atoms with Crippen molar-refractivity contribution in [3.05, 3.63) is 47.5 Å². The zero-order chi connectivity index (χ0) is 32.5. The van der Waals surface area contributed by atoms with Crippen LogP contribution in [0.4, 0.5) is 10.1 Å². The Kier molecular flexibility index (Phi) is 12.1. The van der Waals surface area contributed by atoms with Crippen LogP contribution < -0.4 is 16.0 Å². The fraction of sp³-hybridized carbons (Fsp3) is 0.606. The zero-order valence-corrected chi connectivity index (χ0v) is 27.0. The Morgan fingerprint density at radius 1 is 1.00 bits per heavy atom. The van der Waals surface area contributed by atoms with Crippen LogP contribution in [0.3, 0.4) is 0 Å². The molecule has 4 rings (SSSR count). The van der Waals surface area contributed by atoms with E-state index in [4.69, 9.17) is 0 Å². The predicted molar refractivity (Wildman–Crippen MR) is 170 cm³/mol. The number of hydrogen-bond acceptors (Lipinski definition) is 6. The fourth-order valence-electron chi connectivity index (χ4n) is 6.07. The van der Waals surface area contributed by atoms with Gasteiger partial charge in [-0.15, -0.1) is 0 Å². The van der Waals surface area contributed by atoms with Gasteiger partial charge in [-0.25, -0.2) is 4.39 Å². The molecule has 2 fully saturated rings. The normalized spacial score (nSPS) is 17.5. The van der Waals surface area contributed by atoms with Gasteiger partial charge in [0.15, 0.2) is 0 Å².